The van der Waals surface area contributed by atoms with Gasteiger partial charge in [0.2, 0.25) is 0 Å². The van der Waals surface area contributed by atoms with Gasteiger partial charge in [0.15, 0.2) is 0 Å². The molecule has 0 bridgehead atoms. The molecule has 9 aromatic rings. The third-order valence-corrected chi connectivity index (χ3v) is 12.5. The highest BCUT2D eigenvalue weighted by molar-refractivity contribution is 7.01. The lowest BCUT2D eigenvalue weighted by atomic mass is 9.32. The van der Waals surface area contributed by atoms with E-state index >= 15 is 0 Å². The molecule has 278 valence electrons. The molecule has 0 saturated heterocycles. The number of nitrogens with zero attached hydrogens (tertiary/aromatic N) is 2. The third kappa shape index (κ3) is 5.04. The fraction of sp³-hybridized carbons (Fsp3) is 0.115. The van der Waals surface area contributed by atoms with Gasteiger partial charge in [0.1, 0.15) is 11.2 Å². The Labute approximate surface area is 340 Å². The number of benzene rings is 7. The Hall–Kier alpha value is -6.65. The minimum atomic E-state index is -0.161. The number of rotatable bonds is 4. The minimum absolute atomic E-state index is 0.161. The molecule has 0 fully saturated rings. The average Bonchev–Trinajstić information content (AvgIpc) is 3.79. The highest BCUT2D eigenvalue weighted by Gasteiger charge is 2.46. The lowest BCUT2D eigenvalue weighted by molar-refractivity contribution is 0.651. The number of para-hydroxylation sites is 4. The Kier molecular flexibility index (Phi) is 7.72. The Morgan fingerprint density at radius 1 is 0.397 bits per heavy atom. The summed E-state index contributed by atoms with van der Waals surface area (Å²) in [5.41, 5.74) is 22.9. The summed E-state index contributed by atoms with van der Waals surface area (Å²) in [6.07, 6.45) is 0. The summed E-state index contributed by atoms with van der Waals surface area (Å²) in [6, 6.07) is 52.9. The maximum absolute atomic E-state index is 7.13. The molecule has 0 N–H and O–H groups in total. The van der Waals surface area contributed by atoms with Crippen LogP contribution in [0.5, 0.6) is 0 Å². The van der Waals surface area contributed by atoms with Crippen LogP contribution in [-0.4, -0.2) is 13.4 Å². The standard InChI is InChI=1S/C52H42B2N2O2/c1-31-25-33(3)47(34(4)26-31)53-41-29-42-44(30-43(41)55(37-17-9-7-10-18-37)49-39-21-13-15-23-45(39)57-51(49)53)56(38-19-11-8-12-20-38)50-40-22-14-16-24-46(40)58-52(50)54(42)48-35(5)27-32(2)28-36(48)6/h7-30H,1-6H3. The van der Waals surface area contributed by atoms with Gasteiger partial charge in [-0.1, -0.05) is 135 Å². The molecule has 0 spiro atoms. The van der Waals surface area contributed by atoms with E-state index in [1.54, 1.807) is 0 Å². The molecule has 0 atom stereocenters. The smallest absolute Gasteiger partial charge is 0.293 e. The summed E-state index contributed by atoms with van der Waals surface area (Å²) < 4.78 is 14.3. The molecule has 4 nitrogen and oxygen atoms in total. The number of furan rings is 2. The lowest BCUT2D eigenvalue weighted by Crippen LogP contribution is -2.62. The first-order chi connectivity index (χ1) is 28.3. The van der Waals surface area contributed by atoms with E-state index in [0.29, 0.717) is 0 Å². The van der Waals surface area contributed by atoms with Crippen LogP contribution in [0, 0.1) is 41.5 Å². The van der Waals surface area contributed by atoms with Crippen molar-refractivity contribution in [2.75, 3.05) is 9.80 Å². The first-order valence-corrected chi connectivity index (χ1v) is 20.3. The number of aryl methyl sites for hydroxylation is 6. The first kappa shape index (κ1) is 34.6. The van der Waals surface area contributed by atoms with Crippen LogP contribution in [0.15, 0.2) is 154 Å². The van der Waals surface area contributed by atoms with Crippen LogP contribution in [0.25, 0.3) is 21.9 Å². The zero-order chi connectivity index (χ0) is 39.4. The second kappa shape index (κ2) is 12.9. The number of hydrogen-bond donors (Lipinski definition) is 0. The van der Waals surface area contributed by atoms with Gasteiger partial charge in [-0.2, -0.15) is 0 Å². The Balaban J connectivity index is 1.32. The Morgan fingerprint density at radius 3 is 1.16 bits per heavy atom. The zero-order valence-electron chi connectivity index (χ0n) is 33.7. The summed E-state index contributed by atoms with van der Waals surface area (Å²) in [4.78, 5) is 4.91. The molecule has 6 heteroatoms. The molecule has 58 heavy (non-hydrogen) atoms. The van der Waals surface area contributed by atoms with Crippen molar-refractivity contribution >= 4 is 103 Å². The van der Waals surface area contributed by atoms with E-state index in [-0.39, 0.29) is 13.4 Å². The molecule has 2 aliphatic heterocycles. The van der Waals surface area contributed by atoms with Crippen LogP contribution in [-0.2, 0) is 0 Å². The maximum Gasteiger partial charge on any atom is 0.293 e. The zero-order valence-corrected chi connectivity index (χ0v) is 33.7. The van der Waals surface area contributed by atoms with Crippen LogP contribution in [0.4, 0.5) is 34.1 Å². The van der Waals surface area contributed by atoms with E-state index in [9.17, 15) is 0 Å². The number of hydrogen-bond acceptors (Lipinski definition) is 4. The molecule has 7 aromatic carbocycles. The van der Waals surface area contributed by atoms with Crippen LogP contribution in [0.2, 0.25) is 0 Å². The predicted molar refractivity (Wildman–Crippen MR) is 246 cm³/mol. The second-order valence-corrected chi connectivity index (χ2v) is 16.4. The van der Waals surface area contributed by atoms with Crippen molar-refractivity contribution in [1.82, 2.24) is 0 Å². The second-order valence-electron chi connectivity index (χ2n) is 16.4. The van der Waals surface area contributed by atoms with Gasteiger partial charge in [-0.25, -0.2) is 0 Å². The molecular formula is C52H42B2N2O2. The molecule has 0 radical (unpaired) electrons. The van der Waals surface area contributed by atoms with Crippen molar-refractivity contribution in [2.24, 2.45) is 0 Å². The van der Waals surface area contributed by atoms with Crippen LogP contribution < -0.4 is 43.0 Å². The van der Waals surface area contributed by atoms with Gasteiger partial charge >= 0.3 is 0 Å². The predicted octanol–water partition coefficient (Wildman–Crippen LogP) is 9.63. The molecular weight excluding hydrogens is 706 g/mol. The van der Waals surface area contributed by atoms with Gasteiger partial charge in [-0.3, -0.25) is 0 Å². The average molecular weight is 749 g/mol. The molecule has 2 aliphatic rings. The molecule has 0 amide bonds. The van der Waals surface area contributed by atoms with Crippen molar-refractivity contribution in [2.45, 2.75) is 41.5 Å². The van der Waals surface area contributed by atoms with Crippen LogP contribution >= 0.6 is 0 Å². The van der Waals surface area contributed by atoms with Crippen molar-refractivity contribution in [3.8, 4) is 0 Å². The molecule has 11 rings (SSSR count). The summed E-state index contributed by atoms with van der Waals surface area (Å²) in [5, 5.41) is 2.20. The topological polar surface area (TPSA) is 32.8 Å². The Bertz CT molecular complexity index is 2860. The number of anilines is 6. The van der Waals surface area contributed by atoms with Gasteiger partial charge in [-0.05, 0) is 107 Å². The molecule has 4 heterocycles. The highest BCUT2D eigenvalue weighted by atomic mass is 16.3. The fourth-order valence-corrected chi connectivity index (χ4v) is 10.5. The van der Waals surface area contributed by atoms with Gasteiger partial charge in [0.25, 0.3) is 13.4 Å². The monoisotopic (exact) mass is 748 g/mol. The van der Waals surface area contributed by atoms with Crippen molar-refractivity contribution in [3.05, 3.63) is 179 Å². The molecule has 0 aliphatic carbocycles. The maximum atomic E-state index is 7.13. The highest BCUT2D eigenvalue weighted by Crippen LogP contribution is 2.46. The summed E-state index contributed by atoms with van der Waals surface area (Å²) >= 11 is 0. The molecule has 2 aromatic heterocycles. The van der Waals surface area contributed by atoms with Gasteiger partial charge in [0.05, 0.1) is 22.7 Å². The molecule has 0 saturated carbocycles. The first-order valence-electron chi connectivity index (χ1n) is 20.3. The summed E-state index contributed by atoms with van der Waals surface area (Å²) in [6.45, 7) is 13.1. The molecule has 0 unspecified atom stereocenters. The van der Waals surface area contributed by atoms with Crippen molar-refractivity contribution in [1.29, 1.82) is 0 Å². The summed E-state index contributed by atoms with van der Waals surface area (Å²) in [5.74, 6) is 0. The van der Waals surface area contributed by atoms with E-state index < -0.39 is 0 Å². The SMILES string of the molecule is Cc1cc(C)c(B2c3cc4c(cc3N(c3ccccc3)c3c2oc2ccccc32)N(c2ccccc2)c2c(oc3ccccc23)B4c2c(C)cc(C)cc2C)c(C)c1. The summed E-state index contributed by atoms with van der Waals surface area (Å²) in [7, 11) is 0. The van der Waals surface area contributed by atoms with Crippen LogP contribution in [0.1, 0.15) is 33.4 Å². The van der Waals surface area contributed by atoms with E-state index in [2.05, 4.69) is 197 Å². The van der Waals surface area contributed by atoms with Gasteiger partial charge < -0.3 is 18.6 Å². The minimum Gasteiger partial charge on any atom is -0.468 e. The van der Waals surface area contributed by atoms with E-state index in [1.807, 2.05) is 0 Å². The van der Waals surface area contributed by atoms with Crippen molar-refractivity contribution < 1.29 is 8.83 Å². The van der Waals surface area contributed by atoms with E-state index in [4.69, 9.17) is 8.83 Å². The van der Waals surface area contributed by atoms with E-state index in [0.717, 1.165) is 67.4 Å². The largest absolute Gasteiger partial charge is 0.468 e. The normalized spacial score (nSPS) is 13.2. The van der Waals surface area contributed by atoms with Crippen molar-refractivity contribution in [3.63, 3.8) is 0 Å². The quantitative estimate of drug-likeness (QED) is 0.168. The van der Waals surface area contributed by atoms with Gasteiger partial charge in [0, 0.05) is 33.5 Å². The van der Waals surface area contributed by atoms with Gasteiger partial charge in [-0.15, -0.1) is 0 Å². The third-order valence-electron chi connectivity index (χ3n) is 12.5. The van der Waals surface area contributed by atoms with E-state index in [1.165, 1.54) is 55.2 Å². The Morgan fingerprint density at radius 2 is 0.759 bits per heavy atom. The number of fused-ring (bicyclic) bond motifs is 8. The lowest BCUT2D eigenvalue weighted by Gasteiger charge is -2.40. The van der Waals surface area contributed by atoms with Crippen LogP contribution in [0.3, 0.4) is 0 Å². The fourth-order valence-electron chi connectivity index (χ4n) is 10.5.